The summed E-state index contributed by atoms with van der Waals surface area (Å²) < 4.78 is 7.17. The summed E-state index contributed by atoms with van der Waals surface area (Å²) in [6.45, 7) is 5.52. The number of nitrogens with zero attached hydrogens (tertiary/aromatic N) is 4. The zero-order chi connectivity index (χ0) is 27.6. The molecular weight excluding hydrogens is 500 g/mol. The summed E-state index contributed by atoms with van der Waals surface area (Å²) in [7, 11) is 1.66. The van der Waals surface area contributed by atoms with Crippen LogP contribution in [-0.2, 0) is 13.1 Å². The largest absolute Gasteiger partial charge is 0.497 e. The number of amides is 1. The van der Waals surface area contributed by atoms with Crippen LogP contribution >= 0.6 is 0 Å². The minimum atomic E-state index is -0.195. The molecule has 2 N–H and O–H groups in total. The molecule has 3 heterocycles. The van der Waals surface area contributed by atoms with E-state index in [1.54, 1.807) is 7.11 Å². The summed E-state index contributed by atoms with van der Waals surface area (Å²) in [5.41, 5.74) is 7.40. The van der Waals surface area contributed by atoms with Crippen LogP contribution in [0.4, 0.5) is 11.5 Å². The Kier molecular flexibility index (Phi) is 6.90. The van der Waals surface area contributed by atoms with Crippen molar-refractivity contribution in [1.82, 2.24) is 19.7 Å². The number of ether oxygens (including phenoxy) is 1. The van der Waals surface area contributed by atoms with Crippen LogP contribution in [0.2, 0.25) is 0 Å². The van der Waals surface area contributed by atoms with Gasteiger partial charge in [0.1, 0.15) is 11.6 Å². The molecule has 0 unspecified atom stereocenters. The molecule has 1 fully saturated rings. The van der Waals surface area contributed by atoms with Crippen LogP contribution in [-0.4, -0.2) is 32.8 Å². The SMILES string of the molecule is CCn1nc(C(=O)Nc2ccc(C)c(-c3cnc4cc(NCc5ccc(OC)cc5)ncc4c3)c2)cc1C1CC1. The lowest BCUT2D eigenvalue weighted by molar-refractivity contribution is 0.102. The molecule has 3 aromatic heterocycles. The molecule has 40 heavy (non-hydrogen) atoms. The summed E-state index contributed by atoms with van der Waals surface area (Å²) in [6, 6.07) is 19.9. The standard InChI is InChI=1S/C32H32N6O2/c1-4-38-30(22-8-9-22)15-29(37-38)32(39)36-25-10-5-20(2)27(14-25)23-13-24-19-35-31(16-28(24)33-18-23)34-17-21-6-11-26(40-3)12-7-21/h5-7,10-16,18-19,22H,4,8-9,17H2,1-3H3,(H,34,35)(H,36,39). The number of nitrogens with one attached hydrogen (secondary N) is 2. The summed E-state index contributed by atoms with van der Waals surface area (Å²) in [6.07, 6.45) is 6.05. The number of carbonyl (C=O) groups is 1. The maximum atomic E-state index is 13.0. The van der Waals surface area contributed by atoms with Gasteiger partial charge in [-0.2, -0.15) is 5.10 Å². The Bertz CT molecular complexity index is 1690. The van der Waals surface area contributed by atoms with E-state index in [2.05, 4.69) is 40.6 Å². The fourth-order valence-corrected chi connectivity index (χ4v) is 4.91. The van der Waals surface area contributed by atoms with Crippen LogP contribution in [0.25, 0.3) is 22.0 Å². The fraction of sp³-hybridized carbons (Fsp3) is 0.250. The molecule has 0 radical (unpaired) electrons. The molecule has 8 heteroatoms. The summed E-state index contributed by atoms with van der Waals surface area (Å²) >= 11 is 0. The summed E-state index contributed by atoms with van der Waals surface area (Å²) in [5, 5.41) is 11.9. The molecule has 5 aromatic rings. The van der Waals surface area contributed by atoms with Crippen LogP contribution in [0.3, 0.4) is 0 Å². The number of fused-ring (bicyclic) bond motifs is 1. The number of hydrogen-bond acceptors (Lipinski definition) is 6. The van der Waals surface area contributed by atoms with E-state index in [0.29, 0.717) is 18.2 Å². The second kappa shape index (κ2) is 10.8. The number of aryl methyl sites for hydroxylation is 2. The quantitative estimate of drug-likeness (QED) is 0.223. The zero-order valence-electron chi connectivity index (χ0n) is 22.9. The first-order chi connectivity index (χ1) is 19.5. The lowest BCUT2D eigenvalue weighted by atomic mass is 10.00. The van der Waals surface area contributed by atoms with E-state index in [0.717, 1.165) is 62.7 Å². The third kappa shape index (κ3) is 5.38. The number of methoxy groups -OCH3 is 1. The molecule has 0 saturated heterocycles. The smallest absolute Gasteiger partial charge is 0.276 e. The van der Waals surface area contributed by atoms with Gasteiger partial charge in [0.15, 0.2) is 5.69 Å². The third-order valence-corrected chi connectivity index (χ3v) is 7.34. The molecule has 6 rings (SSSR count). The van der Waals surface area contributed by atoms with E-state index >= 15 is 0 Å². The zero-order valence-corrected chi connectivity index (χ0v) is 22.9. The highest BCUT2D eigenvalue weighted by Gasteiger charge is 2.29. The molecule has 1 aliphatic rings. The monoisotopic (exact) mass is 532 g/mol. The molecule has 1 saturated carbocycles. The van der Waals surface area contributed by atoms with Crippen molar-refractivity contribution in [3.63, 3.8) is 0 Å². The summed E-state index contributed by atoms with van der Waals surface area (Å²) in [4.78, 5) is 22.3. The van der Waals surface area contributed by atoms with Crippen LogP contribution in [0.5, 0.6) is 5.75 Å². The Morgan fingerprint density at radius 1 is 1.02 bits per heavy atom. The maximum absolute atomic E-state index is 13.0. The average molecular weight is 533 g/mol. The molecule has 1 amide bonds. The summed E-state index contributed by atoms with van der Waals surface area (Å²) in [5.74, 6) is 1.94. The van der Waals surface area contributed by atoms with Gasteiger partial charge in [0.05, 0.1) is 12.6 Å². The first-order valence-electron chi connectivity index (χ1n) is 13.6. The van der Waals surface area contributed by atoms with Gasteiger partial charge in [-0.3, -0.25) is 14.5 Å². The van der Waals surface area contributed by atoms with Crippen LogP contribution in [0.1, 0.15) is 53.0 Å². The Morgan fingerprint density at radius 2 is 1.85 bits per heavy atom. The number of anilines is 2. The predicted molar refractivity (Wildman–Crippen MR) is 158 cm³/mol. The topological polar surface area (TPSA) is 94.0 Å². The van der Waals surface area contributed by atoms with Crippen molar-refractivity contribution < 1.29 is 9.53 Å². The second-order valence-electron chi connectivity index (χ2n) is 10.2. The van der Waals surface area contributed by atoms with E-state index in [-0.39, 0.29) is 5.91 Å². The number of benzene rings is 2. The van der Waals surface area contributed by atoms with Crippen molar-refractivity contribution in [2.24, 2.45) is 0 Å². The number of carbonyl (C=O) groups excluding carboxylic acids is 1. The first kappa shape index (κ1) is 25.6. The van der Waals surface area contributed by atoms with Crippen LogP contribution in [0, 0.1) is 6.92 Å². The number of aromatic nitrogens is 4. The molecule has 0 spiro atoms. The minimum Gasteiger partial charge on any atom is -0.497 e. The maximum Gasteiger partial charge on any atom is 0.276 e. The first-order valence-corrected chi connectivity index (χ1v) is 13.6. The average Bonchev–Trinajstić information content (AvgIpc) is 3.74. The van der Waals surface area contributed by atoms with Gasteiger partial charge in [0.2, 0.25) is 0 Å². The predicted octanol–water partition coefficient (Wildman–Crippen LogP) is 6.57. The van der Waals surface area contributed by atoms with Gasteiger partial charge in [-0.25, -0.2) is 4.98 Å². The Balaban J connectivity index is 1.18. The molecule has 0 bridgehead atoms. The molecule has 8 nitrogen and oxygen atoms in total. The molecule has 1 aliphatic carbocycles. The highest BCUT2D eigenvalue weighted by Crippen LogP contribution is 2.40. The lowest BCUT2D eigenvalue weighted by Gasteiger charge is -2.11. The Hall–Kier alpha value is -4.72. The van der Waals surface area contributed by atoms with Gasteiger partial charge in [-0.15, -0.1) is 0 Å². The molecule has 2 aromatic carbocycles. The van der Waals surface area contributed by atoms with Gasteiger partial charge in [-0.05, 0) is 79.8 Å². The van der Waals surface area contributed by atoms with E-state index in [9.17, 15) is 4.79 Å². The van der Waals surface area contributed by atoms with Crippen molar-refractivity contribution >= 4 is 28.3 Å². The van der Waals surface area contributed by atoms with Gasteiger partial charge in [-0.1, -0.05) is 18.2 Å². The highest BCUT2D eigenvalue weighted by molar-refractivity contribution is 6.03. The van der Waals surface area contributed by atoms with E-state index < -0.39 is 0 Å². The van der Waals surface area contributed by atoms with Crippen molar-refractivity contribution in [2.45, 2.75) is 45.7 Å². The fourth-order valence-electron chi connectivity index (χ4n) is 4.91. The minimum absolute atomic E-state index is 0.195. The molecule has 0 atom stereocenters. The van der Waals surface area contributed by atoms with Gasteiger partial charge >= 0.3 is 0 Å². The van der Waals surface area contributed by atoms with Gasteiger partial charge < -0.3 is 15.4 Å². The van der Waals surface area contributed by atoms with E-state index in [4.69, 9.17) is 9.72 Å². The van der Waals surface area contributed by atoms with Crippen molar-refractivity contribution in [3.8, 4) is 16.9 Å². The second-order valence-corrected chi connectivity index (χ2v) is 10.2. The third-order valence-electron chi connectivity index (χ3n) is 7.34. The van der Waals surface area contributed by atoms with Crippen molar-refractivity contribution in [1.29, 1.82) is 0 Å². The Labute approximate surface area is 233 Å². The van der Waals surface area contributed by atoms with Crippen molar-refractivity contribution in [3.05, 3.63) is 95.6 Å². The highest BCUT2D eigenvalue weighted by atomic mass is 16.5. The van der Waals surface area contributed by atoms with Gasteiger partial charge in [0.25, 0.3) is 5.91 Å². The molecule has 0 aliphatic heterocycles. The van der Waals surface area contributed by atoms with Crippen LogP contribution < -0.4 is 15.4 Å². The van der Waals surface area contributed by atoms with E-state index in [1.807, 2.05) is 71.7 Å². The molecule has 202 valence electrons. The number of pyridine rings is 2. The van der Waals surface area contributed by atoms with E-state index in [1.165, 1.54) is 12.8 Å². The number of hydrogen-bond donors (Lipinski definition) is 2. The van der Waals surface area contributed by atoms with Crippen molar-refractivity contribution in [2.75, 3.05) is 17.7 Å². The Morgan fingerprint density at radius 3 is 2.60 bits per heavy atom. The van der Waals surface area contributed by atoms with Gasteiger partial charge in [0, 0.05) is 59.8 Å². The van der Waals surface area contributed by atoms with Crippen LogP contribution in [0.15, 0.2) is 73.1 Å². The lowest BCUT2D eigenvalue weighted by Crippen LogP contribution is -2.13. The molecular formula is C32H32N6O2. The normalized spacial score (nSPS) is 12.9. The number of rotatable bonds is 9.